The number of hydrogen-bond donors (Lipinski definition) is 2. The van der Waals surface area contributed by atoms with E-state index in [1.165, 1.54) is 31.6 Å². The molecule has 0 spiro atoms. The van der Waals surface area contributed by atoms with Crippen LogP contribution in [0.1, 0.15) is 29.1 Å². The maximum atomic E-state index is 12.5. The van der Waals surface area contributed by atoms with E-state index in [0.717, 1.165) is 0 Å². The number of methoxy groups -OCH3 is 1. The molecule has 0 aliphatic carbocycles. The Hall–Kier alpha value is -4.01. The average Bonchev–Trinajstić information content (AvgIpc) is 3.26. The second kappa shape index (κ2) is 8.99. The molecule has 0 unspecified atom stereocenters. The number of allylic oxidation sites excluding steroid dienone is 1. The highest BCUT2D eigenvalue weighted by molar-refractivity contribution is 5.95. The first-order chi connectivity index (χ1) is 14.4. The quantitative estimate of drug-likeness (QED) is 0.408. The fourth-order valence-corrected chi connectivity index (χ4v) is 2.92. The van der Waals surface area contributed by atoms with Gasteiger partial charge in [0.1, 0.15) is 6.61 Å². The van der Waals surface area contributed by atoms with Gasteiger partial charge in [-0.25, -0.2) is 14.4 Å². The minimum absolute atomic E-state index is 0.0290. The van der Waals surface area contributed by atoms with Gasteiger partial charge in [0.25, 0.3) is 0 Å². The van der Waals surface area contributed by atoms with Crippen molar-refractivity contribution in [2.75, 3.05) is 13.7 Å². The molecule has 0 bridgehead atoms. The van der Waals surface area contributed by atoms with Gasteiger partial charge < -0.3 is 29.3 Å². The monoisotopic (exact) mass is 412 g/mol. The molecule has 2 N–H and O–H groups in total. The van der Waals surface area contributed by atoms with Gasteiger partial charge in [0.15, 0.2) is 11.5 Å². The van der Waals surface area contributed by atoms with Gasteiger partial charge in [-0.1, -0.05) is 18.7 Å². The van der Waals surface area contributed by atoms with Crippen LogP contribution in [0.5, 0.6) is 11.5 Å². The number of benzene rings is 1. The number of nitrogens with one attached hydrogen (secondary N) is 2. The molecule has 3 rings (SSSR count). The molecule has 1 atom stereocenters. The van der Waals surface area contributed by atoms with Crippen LogP contribution in [0, 0.1) is 0 Å². The number of urea groups is 1. The van der Waals surface area contributed by atoms with Crippen molar-refractivity contribution in [2.45, 2.75) is 13.0 Å². The van der Waals surface area contributed by atoms with Gasteiger partial charge in [0, 0.05) is 5.70 Å². The van der Waals surface area contributed by atoms with Crippen molar-refractivity contribution in [1.29, 1.82) is 0 Å². The fraction of sp³-hybridized carbons (Fsp3) is 0.190. The Bertz CT molecular complexity index is 1010. The van der Waals surface area contributed by atoms with E-state index >= 15 is 0 Å². The Balaban J connectivity index is 1.92. The van der Waals surface area contributed by atoms with Crippen LogP contribution in [0.25, 0.3) is 0 Å². The van der Waals surface area contributed by atoms with E-state index in [4.69, 9.17) is 18.6 Å². The summed E-state index contributed by atoms with van der Waals surface area (Å²) in [5, 5.41) is 5.25. The summed E-state index contributed by atoms with van der Waals surface area (Å²) in [5.41, 5.74) is 1.13. The molecule has 30 heavy (non-hydrogen) atoms. The highest BCUT2D eigenvalue weighted by Crippen LogP contribution is 2.35. The number of carbonyl (C=O) groups is 3. The molecule has 2 heterocycles. The van der Waals surface area contributed by atoms with Crippen molar-refractivity contribution >= 4 is 18.0 Å². The Morgan fingerprint density at radius 1 is 1.23 bits per heavy atom. The number of amides is 2. The number of rotatable bonds is 7. The zero-order valence-electron chi connectivity index (χ0n) is 16.4. The number of hydrogen-bond acceptors (Lipinski definition) is 7. The van der Waals surface area contributed by atoms with Gasteiger partial charge >= 0.3 is 18.0 Å². The SMILES string of the molecule is C=CCOC(=O)C1=C(C)NC(=O)N[C@@H]1c1ccc(OC(=O)c2ccco2)c(OC)c1. The number of furan rings is 1. The Kier molecular flexibility index (Phi) is 6.21. The second-order valence-electron chi connectivity index (χ2n) is 6.23. The number of carbonyl (C=O) groups excluding carboxylic acids is 3. The predicted molar refractivity (Wildman–Crippen MR) is 105 cm³/mol. The molecule has 1 aromatic heterocycles. The lowest BCUT2D eigenvalue weighted by molar-refractivity contribution is -0.138. The highest BCUT2D eigenvalue weighted by Gasteiger charge is 2.32. The lowest BCUT2D eigenvalue weighted by Crippen LogP contribution is -2.45. The minimum atomic E-state index is -0.792. The Labute approximate surface area is 172 Å². The molecule has 156 valence electrons. The maximum Gasteiger partial charge on any atom is 0.379 e. The summed E-state index contributed by atoms with van der Waals surface area (Å²) in [4.78, 5) is 36.7. The molecule has 1 aliphatic rings. The van der Waals surface area contributed by atoms with Crippen molar-refractivity contribution in [3.63, 3.8) is 0 Å². The molecule has 0 saturated carbocycles. The van der Waals surface area contributed by atoms with Gasteiger partial charge in [-0.15, -0.1) is 0 Å². The van der Waals surface area contributed by atoms with Crippen LogP contribution in [-0.2, 0) is 9.53 Å². The molecule has 0 saturated heterocycles. The van der Waals surface area contributed by atoms with E-state index in [2.05, 4.69) is 17.2 Å². The van der Waals surface area contributed by atoms with E-state index < -0.39 is 24.0 Å². The first-order valence-electron chi connectivity index (χ1n) is 8.94. The molecule has 0 radical (unpaired) electrons. The molecular weight excluding hydrogens is 392 g/mol. The lowest BCUT2D eigenvalue weighted by Gasteiger charge is -2.28. The topological polar surface area (TPSA) is 116 Å². The molecule has 0 fully saturated rings. The standard InChI is InChI=1S/C21H20N2O7/c1-4-9-29-20(25)17-12(2)22-21(26)23-18(17)13-7-8-14(16(11-13)27-3)30-19(24)15-6-5-10-28-15/h4-8,10-11,18H,1,9H2,2-3H3,(H2,22,23,26)/t18-/m1/s1. The van der Waals surface area contributed by atoms with Crippen LogP contribution < -0.4 is 20.1 Å². The Morgan fingerprint density at radius 2 is 2.03 bits per heavy atom. The van der Waals surface area contributed by atoms with Crippen molar-refractivity contribution in [3.8, 4) is 11.5 Å². The third-order valence-corrected chi connectivity index (χ3v) is 4.27. The van der Waals surface area contributed by atoms with Crippen molar-refractivity contribution in [2.24, 2.45) is 0 Å². The summed E-state index contributed by atoms with van der Waals surface area (Å²) in [5.74, 6) is -0.864. The highest BCUT2D eigenvalue weighted by atomic mass is 16.6. The average molecular weight is 412 g/mol. The number of esters is 2. The first-order valence-corrected chi connectivity index (χ1v) is 8.94. The van der Waals surface area contributed by atoms with Gasteiger partial charge in [-0.3, -0.25) is 0 Å². The van der Waals surface area contributed by atoms with E-state index in [9.17, 15) is 14.4 Å². The summed E-state index contributed by atoms with van der Waals surface area (Å²) in [6.45, 7) is 5.15. The third-order valence-electron chi connectivity index (χ3n) is 4.27. The molecule has 1 aromatic carbocycles. The second-order valence-corrected chi connectivity index (χ2v) is 6.23. The van der Waals surface area contributed by atoms with Crippen LogP contribution in [0.2, 0.25) is 0 Å². The zero-order chi connectivity index (χ0) is 21.7. The molecule has 9 nitrogen and oxygen atoms in total. The predicted octanol–water partition coefficient (Wildman–Crippen LogP) is 2.86. The summed E-state index contributed by atoms with van der Waals surface area (Å²) in [6, 6.07) is 6.46. The van der Waals surface area contributed by atoms with E-state index in [1.807, 2.05) is 0 Å². The summed E-state index contributed by atoms with van der Waals surface area (Å²) in [6.07, 6.45) is 2.81. The van der Waals surface area contributed by atoms with E-state index in [-0.39, 0.29) is 29.4 Å². The van der Waals surface area contributed by atoms with Crippen LogP contribution in [-0.4, -0.2) is 31.7 Å². The van der Waals surface area contributed by atoms with Crippen LogP contribution in [0.3, 0.4) is 0 Å². The van der Waals surface area contributed by atoms with Crippen LogP contribution >= 0.6 is 0 Å². The fourth-order valence-electron chi connectivity index (χ4n) is 2.92. The zero-order valence-corrected chi connectivity index (χ0v) is 16.4. The summed E-state index contributed by atoms with van der Waals surface area (Å²) in [7, 11) is 1.41. The smallest absolute Gasteiger partial charge is 0.379 e. The van der Waals surface area contributed by atoms with Crippen molar-refractivity contribution < 1.29 is 33.0 Å². The van der Waals surface area contributed by atoms with Gasteiger partial charge in [-0.05, 0) is 36.8 Å². The van der Waals surface area contributed by atoms with Gasteiger partial charge in [-0.2, -0.15) is 0 Å². The molecule has 9 heteroatoms. The van der Waals surface area contributed by atoms with Gasteiger partial charge in [0.05, 0.1) is 25.0 Å². The molecule has 2 aromatic rings. The summed E-state index contributed by atoms with van der Waals surface area (Å²) >= 11 is 0. The van der Waals surface area contributed by atoms with Crippen molar-refractivity contribution in [3.05, 3.63) is 71.8 Å². The first kappa shape index (κ1) is 20.7. The normalized spacial score (nSPS) is 15.7. The van der Waals surface area contributed by atoms with E-state index in [1.54, 1.807) is 25.1 Å². The van der Waals surface area contributed by atoms with Crippen LogP contribution in [0.15, 0.2) is 64.9 Å². The maximum absolute atomic E-state index is 12.5. The largest absolute Gasteiger partial charge is 0.493 e. The van der Waals surface area contributed by atoms with E-state index in [0.29, 0.717) is 11.3 Å². The third kappa shape index (κ3) is 4.35. The van der Waals surface area contributed by atoms with Crippen molar-refractivity contribution in [1.82, 2.24) is 10.6 Å². The molecule has 1 aliphatic heterocycles. The number of ether oxygens (including phenoxy) is 3. The molecular formula is C21H20N2O7. The van der Waals surface area contributed by atoms with Crippen LogP contribution in [0.4, 0.5) is 4.79 Å². The Morgan fingerprint density at radius 3 is 2.70 bits per heavy atom. The lowest BCUT2D eigenvalue weighted by atomic mass is 9.95. The van der Waals surface area contributed by atoms with Gasteiger partial charge in [0.2, 0.25) is 5.76 Å². The minimum Gasteiger partial charge on any atom is -0.493 e. The summed E-state index contributed by atoms with van der Waals surface area (Å²) < 4.78 is 20.8. The molecule has 2 amide bonds.